The second-order valence-electron chi connectivity index (χ2n) is 3.76. The Labute approximate surface area is 101 Å². The molecule has 2 aromatic rings. The van der Waals surface area contributed by atoms with E-state index in [1.807, 2.05) is 31.2 Å². The summed E-state index contributed by atoms with van der Waals surface area (Å²) in [5.74, 6) is 0. The van der Waals surface area contributed by atoms with Gasteiger partial charge in [0.25, 0.3) is 7.37 Å². The lowest BCUT2D eigenvalue weighted by atomic mass is 10.3. The van der Waals surface area contributed by atoms with Crippen molar-refractivity contribution < 1.29 is 9.09 Å². The molecule has 2 rings (SSSR count). The number of aromatic nitrogens is 1. The predicted octanol–water partition coefficient (Wildman–Crippen LogP) is 2.27. The minimum atomic E-state index is -3.04. The summed E-state index contributed by atoms with van der Waals surface area (Å²) in [4.78, 5) is 4.17. The summed E-state index contributed by atoms with van der Waals surface area (Å²) in [6.07, 6.45) is 1.65. The van der Waals surface area contributed by atoms with E-state index in [1.165, 1.54) is 7.11 Å². The first-order chi connectivity index (χ1) is 8.16. The summed E-state index contributed by atoms with van der Waals surface area (Å²) in [7, 11) is -1.59. The molecule has 0 spiro atoms. The molecule has 1 atom stereocenters. The van der Waals surface area contributed by atoms with Crippen LogP contribution in [0.5, 0.6) is 0 Å². The van der Waals surface area contributed by atoms with E-state index in [2.05, 4.69) is 4.98 Å². The first kappa shape index (κ1) is 12.0. The van der Waals surface area contributed by atoms with Crippen LogP contribution in [0, 0.1) is 6.92 Å². The van der Waals surface area contributed by atoms with Crippen molar-refractivity contribution in [3.63, 3.8) is 0 Å². The van der Waals surface area contributed by atoms with Crippen molar-refractivity contribution in [3.05, 3.63) is 54.2 Å². The zero-order chi connectivity index (χ0) is 12.3. The molecule has 0 bridgehead atoms. The molecule has 3 nitrogen and oxygen atoms in total. The molecule has 0 aliphatic carbocycles. The number of hydrogen-bond acceptors (Lipinski definition) is 3. The van der Waals surface area contributed by atoms with Gasteiger partial charge in [-0.3, -0.25) is 9.55 Å². The monoisotopic (exact) mass is 247 g/mol. The maximum absolute atomic E-state index is 12.9. The SMILES string of the molecule is COP(=O)(c1ccccc1)c1cc(C)ccn1. The quantitative estimate of drug-likeness (QED) is 0.781. The van der Waals surface area contributed by atoms with Crippen LogP contribution in [0.2, 0.25) is 0 Å². The van der Waals surface area contributed by atoms with Crippen LogP contribution in [0.1, 0.15) is 5.56 Å². The number of hydrogen-bond donors (Lipinski definition) is 0. The van der Waals surface area contributed by atoms with E-state index < -0.39 is 7.37 Å². The van der Waals surface area contributed by atoms with Crippen molar-refractivity contribution in [1.29, 1.82) is 0 Å². The summed E-state index contributed by atoms with van der Waals surface area (Å²) in [5, 5.41) is 0.667. The highest BCUT2D eigenvalue weighted by Gasteiger charge is 2.28. The topological polar surface area (TPSA) is 39.2 Å². The molecule has 4 heteroatoms. The minimum absolute atomic E-state index is 0.492. The van der Waals surface area contributed by atoms with Crippen LogP contribution in [0.25, 0.3) is 0 Å². The van der Waals surface area contributed by atoms with Crippen molar-refractivity contribution in [2.45, 2.75) is 6.92 Å². The van der Waals surface area contributed by atoms with Gasteiger partial charge in [0.1, 0.15) is 5.44 Å². The Morgan fingerprint density at radius 2 is 1.88 bits per heavy atom. The number of benzene rings is 1. The van der Waals surface area contributed by atoms with Crippen LogP contribution in [0.4, 0.5) is 0 Å². The average Bonchev–Trinajstić information content (AvgIpc) is 2.39. The smallest absolute Gasteiger partial charge is 0.278 e. The van der Waals surface area contributed by atoms with E-state index in [1.54, 1.807) is 24.4 Å². The Balaban J connectivity index is 2.56. The van der Waals surface area contributed by atoms with E-state index >= 15 is 0 Å². The van der Waals surface area contributed by atoms with Crippen molar-refractivity contribution in [2.75, 3.05) is 7.11 Å². The van der Waals surface area contributed by atoms with Gasteiger partial charge >= 0.3 is 0 Å². The van der Waals surface area contributed by atoms with E-state index in [0.29, 0.717) is 10.7 Å². The third-order valence-corrected chi connectivity index (χ3v) is 4.90. The molecule has 0 N–H and O–H groups in total. The molecule has 1 heterocycles. The molecule has 1 aromatic heterocycles. The first-order valence-corrected chi connectivity index (χ1v) is 6.94. The van der Waals surface area contributed by atoms with E-state index in [9.17, 15) is 4.57 Å². The van der Waals surface area contributed by atoms with Gasteiger partial charge in [-0.15, -0.1) is 0 Å². The number of pyridine rings is 1. The van der Waals surface area contributed by atoms with E-state index in [-0.39, 0.29) is 0 Å². The van der Waals surface area contributed by atoms with Crippen LogP contribution in [-0.4, -0.2) is 12.1 Å². The Hall–Kier alpha value is -1.44. The summed E-state index contributed by atoms with van der Waals surface area (Å²) < 4.78 is 18.1. The van der Waals surface area contributed by atoms with Crippen LogP contribution in [-0.2, 0) is 9.09 Å². The lowest BCUT2D eigenvalue weighted by Gasteiger charge is -2.15. The maximum atomic E-state index is 12.9. The average molecular weight is 247 g/mol. The predicted molar refractivity (Wildman–Crippen MR) is 69.3 cm³/mol. The van der Waals surface area contributed by atoms with Crippen LogP contribution in [0.15, 0.2) is 48.7 Å². The molecule has 0 saturated carbocycles. The summed E-state index contributed by atoms with van der Waals surface area (Å²) in [5.41, 5.74) is 1.51. The second kappa shape index (κ2) is 4.82. The summed E-state index contributed by atoms with van der Waals surface area (Å²) in [6, 6.07) is 12.8. The highest BCUT2D eigenvalue weighted by molar-refractivity contribution is 7.74. The van der Waals surface area contributed by atoms with Gasteiger partial charge in [-0.25, -0.2) is 0 Å². The number of aryl methyl sites for hydroxylation is 1. The van der Waals surface area contributed by atoms with Crippen molar-refractivity contribution in [1.82, 2.24) is 4.98 Å². The third-order valence-electron chi connectivity index (χ3n) is 2.56. The van der Waals surface area contributed by atoms with Gasteiger partial charge in [-0.1, -0.05) is 18.2 Å². The Morgan fingerprint density at radius 1 is 1.18 bits per heavy atom. The van der Waals surface area contributed by atoms with Gasteiger partial charge in [-0.05, 0) is 36.8 Å². The highest BCUT2D eigenvalue weighted by Crippen LogP contribution is 2.42. The normalized spacial score (nSPS) is 14.2. The highest BCUT2D eigenvalue weighted by atomic mass is 31.2. The van der Waals surface area contributed by atoms with Gasteiger partial charge in [0.05, 0.1) is 0 Å². The molecule has 0 amide bonds. The molecule has 0 radical (unpaired) electrons. The Kier molecular flexibility index (Phi) is 3.41. The zero-order valence-corrected chi connectivity index (χ0v) is 10.7. The van der Waals surface area contributed by atoms with Crippen LogP contribution < -0.4 is 10.7 Å². The van der Waals surface area contributed by atoms with Gasteiger partial charge < -0.3 is 4.52 Å². The first-order valence-electron chi connectivity index (χ1n) is 5.31. The molecule has 88 valence electrons. The number of rotatable bonds is 3. The summed E-state index contributed by atoms with van der Waals surface area (Å²) in [6.45, 7) is 1.94. The molecule has 1 unspecified atom stereocenters. The van der Waals surface area contributed by atoms with E-state index in [4.69, 9.17) is 4.52 Å². The maximum Gasteiger partial charge on any atom is 0.278 e. The molecular formula is C13H14NO2P. The van der Waals surface area contributed by atoms with Crippen molar-refractivity contribution in [3.8, 4) is 0 Å². The lowest BCUT2D eigenvalue weighted by Crippen LogP contribution is -2.19. The van der Waals surface area contributed by atoms with Gasteiger partial charge in [-0.2, -0.15) is 0 Å². The largest absolute Gasteiger partial charge is 0.324 e. The van der Waals surface area contributed by atoms with Gasteiger partial charge in [0, 0.05) is 18.6 Å². The number of nitrogens with zero attached hydrogens (tertiary/aromatic N) is 1. The molecule has 1 aromatic carbocycles. The minimum Gasteiger partial charge on any atom is -0.324 e. The molecule has 0 aliphatic rings. The molecule has 0 aliphatic heterocycles. The van der Waals surface area contributed by atoms with Crippen LogP contribution >= 0.6 is 7.37 Å². The fourth-order valence-corrected chi connectivity index (χ4v) is 3.46. The Morgan fingerprint density at radius 3 is 2.47 bits per heavy atom. The fourth-order valence-electron chi connectivity index (χ4n) is 1.64. The third kappa shape index (κ3) is 2.31. The standard InChI is InChI=1S/C13H14NO2P/c1-11-8-9-14-13(10-11)17(15,16-2)12-6-4-3-5-7-12/h3-10H,1-2H3. The Bertz CT molecular complexity index is 554. The fraction of sp³-hybridized carbons (Fsp3) is 0.154. The molecule has 0 saturated heterocycles. The van der Waals surface area contributed by atoms with Gasteiger partial charge in [0.2, 0.25) is 0 Å². The second-order valence-corrected chi connectivity index (χ2v) is 6.20. The van der Waals surface area contributed by atoms with Crippen molar-refractivity contribution in [2.24, 2.45) is 0 Å². The van der Waals surface area contributed by atoms with Crippen molar-refractivity contribution >= 4 is 18.1 Å². The molecular weight excluding hydrogens is 233 g/mol. The molecule has 17 heavy (non-hydrogen) atoms. The van der Waals surface area contributed by atoms with Crippen LogP contribution in [0.3, 0.4) is 0 Å². The molecule has 0 fully saturated rings. The zero-order valence-electron chi connectivity index (χ0n) is 9.83. The lowest BCUT2D eigenvalue weighted by molar-refractivity contribution is 0.411. The van der Waals surface area contributed by atoms with E-state index in [0.717, 1.165) is 5.56 Å². The summed E-state index contributed by atoms with van der Waals surface area (Å²) >= 11 is 0. The van der Waals surface area contributed by atoms with Gasteiger partial charge in [0.15, 0.2) is 0 Å².